The number of likely N-dealkylation sites (N-methyl/N-ethyl adjacent to an activating group) is 1. The Morgan fingerprint density at radius 1 is 1.00 bits per heavy atom. The summed E-state index contributed by atoms with van der Waals surface area (Å²) in [6.45, 7) is 12.9. The third-order valence-electron chi connectivity index (χ3n) is 6.73. The molecule has 2 aliphatic rings. The molecule has 1 saturated heterocycles. The number of hydrogen-bond acceptors (Lipinski definition) is 7. The molecular weight excluding hydrogens is 412 g/mol. The predicted molar refractivity (Wildman–Crippen MR) is 134 cm³/mol. The Morgan fingerprint density at radius 2 is 1.76 bits per heavy atom. The van der Waals surface area contributed by atoms with Gasteiger partial charge in [0.1, 0.15) is 0 Å². The van der Waals surface area contributed by atoms with Gasteiger partial charge in [0.05, 0.1) is 5.69 Å². The van der Waals surface area contributed by atoms with Crippen LogP contribution in [-0.4, -0.2) is 58.2 Å². The van der Waals surface area contributed by atoms with Gasteiger partial charge in [0.25, 0.3) is 6.67 Å². The molecule has 1 aliphatic heterocycles. The molecule has 1 saturated carbocycles. The van der Waals surface area contributed by atoms with Crippen LogP contribution < -0.4 is 15.5 Å². The molecule has 176 valence electrons. The summed E-state index contributed by atoms with van der Waals surface area (Å²) in [5.41, 5.74) is 0.902. The van der Waals surface area contributed by atoms with Gasteiger partial charge >= 0.3 is 0 Å². The third-order valence-corrected chi connectivity index (χ3v) is 6.73. The van der Waals surface area contributed by atoms with Gasteiger partial charge in [-0.1, -0.05) is 50.8 Å². The highest BCUT2D eigenvalue weighted by Crippen LogP contribution is 2.26. The molecule has 8 nitrogen and oxygen atoms in total. The van der Waals surface area contributed by atoms with Crippen LogP contribution in [0, 0.1) is 6.57 Å². The second kappa shape index (κ2) is 11.8. The molecule has 1 aliphatic carbocycles. The quantitative estimate of drug-likeness (QED) is 0.417. The van der Waals surface area contributed by atoms with Crippen LogP contribution in [0.5, 0.6) is 0 Å². The second-order valence-corrected chi connectivity index (χ2v) is 8.98. The van der Waals surface area contributed by atoms with Crippen molar-refractivity contribution in [3.63, 3.8) is 0 Å². The average Bonchev–Trinajstić information content (AvgIpc) is 3.16. The Morgan fingerprint density at radius 3 is 2.48 bits per heavy atom. The summed E-state index contributed by atoms with van der Waals surface area (Å²) >= 11 is 0. The van der Waals surface area contributed by atoms with E-state index in [1.54, 1.807) is 0 Å². The number of anilines is 4. The fraction of sp³-hybridized carbons (Fsp3) is 0.600. The van der Waals surface area contributed by atoms with Gasteiger partial charge in [0.15, 0.2) is 0 Å². The van der Waals surface area contributed by atoms with Gasteiger partial charge in [-0.3, -0.25) is 9.74 Å². The van der Waals surface area contributed by atoms with Gasteiger partial charge in [-0.2, -0.15) is 15.0 Å². The molecule has 8 heteroatoms. The Hall–Kier alpha value is -2.92. The SMILES string of the molecule is [C-]#[N+]CN(c1ccccc1)c1nc(NCC2CCCN2CC)nc(NC2CCCCCC2)n1. The molecule has 1 atom stereocenters. The summed E-state index contributed by atoms with van der Waals surface area (Å²) in [5, 5.41) is 7.06. The van der Waals surface area contributed by atoms with Crippen molar-refractivity contribution in [2.75, 3.05) is 41.8 Å². The zero-order valence-corrected chi connectivity index (χ0v) is 19.7. The summed E-state index contributed by atoms with van der Waals surface area (Å²) in [6, 6.07) is 10.8. The van der Waals surface area contributed by atoms with Gasteiger partial charge in [-0.25, -0.2) is 11.5 Å². The van der Waals surface area contributed by atoms with Crippen molar-refractivity contribution in [2.45, 2.75) is 70.4 Å². The highest BCUT2D eigenvalue weighted by Gasteiger charge is 2.24. The van der Waals surface area contributed by atoms with Crippen LogP contribution in [0.15, 0.2) is 30.3 Å². The molecule has 2 aromatic rings. The lowest BCUT2D eigenvalue weighted by molar-refractivity contribution is 0.277. The lowest BCUT2D eigenvalue weighted by Crippen LogP contribution is -2.35. The van der Waals surface area contributed by atoms with Gasteiger partial charge in [-0.15, -0.1) is 0 Å². The molecular formula is C25H36N8. The van der Waals surface area contributed by atoms with E-state index < -0.39 is 0 Å². The minimum absolute atomic E-state index is 0.155. The van der Waals surface area contributed by atoms with E-state index >= 15 is 0 Å². The number of aromatic nitrogens is 3. The van der Waals surface area contributed by atoms with Crippen molar-refractivity contribution in [2.24, 2.45) is 0 Å². The van der Waals surface area contributed by atoms with Crippen molar-refractivity contribution in [3.8, 4) is 0 Å². The molecule has 0 spiro atoms. The number of nitrogens with zero attached hydrogens (tertiary/aromatic N) is 6. The minimum atomic E-state index is 0.155. The maximum Gasteiger partial charge on any atom is 0.295 e. The van der Waals surface area contributed by atoms with Crippen LogP contribution in [0.2, 0.25) is 0 Å². The lowest BCUT2D eigenvalue weighted by Gasteiger charge is -2.24. The molecule has 1 aromatic heterocycles. The van der Waals surface area contributed by atoms with Crippen LogP contribution in [0.4, 0.5) is 23.5 Å². The summed E-state index contributed by atoms with van der Waals surface area (Å²) in [5.74, 6) is 1.67. The summed E-state index contributed by atoms with van der Waals surface area (Å²) in [7, 11) is 0. The first-order valence-electron chi connectivity index (χ1n) is 12.4. The van der Waals surface area contributed by atoms with E-state index in [9.17, 15) is 0 Å². The molecule has 2 fully saturated rings. The maximum absolute atomic E-state index is 7.48. The maximum atomic E-state index is 7.48. The van der Waals surface area contributed by atoms with E-state index in [4.69, 9.17) is 21.5 Å². The van der Waals surface area contributed by atoms with E-state index in [1.807, 2.05) is 35.2 Å². The van der Waals surface area contributed by atoms with E-state index in [1.165, 1.54) is 38.5 Å². The van der Waals surface area contributed by atoms with Crippen LogP contribution >= 0.6 is 0 Å². The number of hydrogen-bond donors (Lipinski definition) is 2. The normalized spacial score (nSPS) is 19.6. The van der Waals surface area contributed by atoms with Crippen molar-refractivity contribution in [1.82, 2.24) is 19.9 Å². The molecule has 1 aromatic carbocycles. The Kier molecular flexibility index (Phi) is 8.31. The van der Waals surface area contributed by atoms with Crippen molar-refractivity contribution >= 4 is 23.5 Å². The average molecular weight is 449 g/mol. The summed E-state index contributed by atoms with van der Waals surface area (Å²) < 4.78 is 0. The topological polar surface area (TPSA) is 73.6 Å². The Bertz CT molecular complexity index is 904. The van der Waals surface area contributed by atoms with Gasteiger partial charge in [-0.05, 0) is 50.9 Å². The highest BCUT2D eigenvalue weighted by molar-refractivity contribution is 5.59. The summed E-state index contributed by atoms with van der Waals surface area (Å²) in [4.78, 5) is 22.2. The first kappa shape index (κ1) is 23.2. The summed E-state index contributed by atoms with van der Waals surface area (Å²) in [6.07, 6.45) is 9.80. The Balaban J connectivity index is 1.59. The smallest absolute Gasteiger partial charge is 0.295 e. The molecule has 33 heavy (non-hydrogen) atoms. The monoisotopic (exact) mass is 448 g/mol. The van der Waals surface area contributed by atoms with E-state index in [-0.39, 0.29) is 6.67 Å². The molecule has 2 heterocycles. The zero-order valence-electron chi connectivity index (χ0n) is 19.7. The Labute approximate surface area is 197 Å². The largest absolute Gasteiger partial charge is 0.352 e. The fourth-order valence-corrected chi connectivity index (χ4v) is 4.93. The second-order valence-electron chi connectivity index (χ2n) is 8.98. The molecule has 2 N–H and O–H groups in total. The van der Waals surface area contributed by atoms with Gasteiger partial charge in [0, 0.05) is 18.6 Å². The number of nitrogens with one attached hydrogen (secondary N) is 2. The highest BCUT2D eigenvalue weighted by atomic mass is 15.4. The predicted octanol–water partition coefficient (Wildman–Crippen LogP) is 4.92. The number of likely N-dealkylation sites (tertiary alicyclic amines) is 1. The van der Waals surface area contributed by atoms with Gasteiger partial charge in [0.2, 0.25) is 17.8 Å². The fourth-order valence-electron chi connectivity index (χ4n) is 4.93. The van der Waals surface area contributed by atoms with Crippen LogP contribution in [-0.2, 0) is 0 Å². The first-order chi connectivity index (χ1) is 16.3. The van der Waals surface area contributed by atoms with E-state index in [2.05, 4.69) is 27.3 Å². The van der Waals surface area contributed by atoms with Crippen LogP contribution in [0.1, 0.15) is 58.3 Å². The van der Waals surface area contributed by atoms with Crippen molar-refractivity contribution in [1.29, 1.82) is 0 Å². The molecule has 0 amide bonds. The van der Waals surface area contributed by atoms with Crippen molar-refractivity contribution in [3.05, 3.63) is 41.7 Å². The lowest BCUT2D eigenvalue weighted by atomic mass is 10.1. The third kappa shape index (κ3) is 6.32. The standard InChI is InChI=1S/C25H36N8/c1-3-32-17-11-16-22(32)18-27-23-29-24(28-20-12-7-4-5-8-13-20)31-25(30-23)33(19-26-2)21-14-9-6-10-15-21/h6,9-10,14-15,20,22H,3-5,7-8,11-13,16-19H2,1H3,(H2,27,28,29,30,31). The zero-order chi connectivity index (χ0) is 22.9. The minimum Gasteiger partial charge on any atom is -0.352 e. The van der Waals surface area contributed by atoms with Crippen LogP contribution in [0.3, 0.4) is 0 Å². The van der Waals surface area contributed by atoms with Crippen LogP contribution in [0.25, 0.3) is 4.85 Å². The molecule has 1 unspecified atom stereocenters. The molecule has 4 rings (SSSR count). The van der Waals surface area contributed by atoms with Gasteiger partial charge < -0.3 is 10.6 Å². The number of rotatable bonds is 9. The van der Waals surface area contributed by atoms with E-state index in [0.717, 1.165) is 38.2 Å². The molecule has 0 radical (unpaired) electrons. The first-order valence-corrected chi connectivity index (χ1v) is 12.4. The number of benzene rings is 1. The van der Waals surface area contributed by atoms with Crippen molar-refractivity contribution < 1.29 is 0 Å². The van der Waals surface area contributed by atoms with E-state index in [0.29, 0.717) is 29.9 Å². The molecule has 0 bridgehead atoms. The number of para-hydroxylation sites is 1.